The van der Waals surface area contributed by atoms with Gasteiger partial charge >= 0.3 is 0 Å². The van der Waals surface area contributed by atoms with Crippen molar-refractivity contribution in [2.24, 2.45) is 0 Å². The molecule has 0 bridgehead atoms. The number of aromatic nitrogens is 5. The lowest BCUT2D eigenvalue weighted by molar-refractivity contribution is -0.113. The molecule has 0 radical (unpaired) electrons. The number of amides is 1. The number of hydrogen-bond donors (Lipinski definition) is 1. The van der Waals surface area contributed by atoms with Gasteiger partial charge in [-0.3, -0.25) is 4.79 Å². The molecule has 1 amide bonds. The molecule has 1 aliphatic carbocycles. The van der Waals surface area contributed by atoms with Crippen LogP contribution in [0.2, 0.25) is 0 Å². The molecule has 1 N–H and O–H groups in total. The van der Waals surface area contributed by atoms with E-state index < -0.39 is 0 Å². The largest absolute Gasteiger partial charge is 0.301 e. The van der Waals surface area contributed by atoms with Crippen molar-refractivity contribution >= 4 is 34.1 Å². The highest BCUT2D eigenvalue weighted by molar-refractivity contribution is 7.99. The number of thiazole rings is 1. The van der Waals surface area contributed by atoms with Gasteiger partial charge in [0.15, 0.2) is 5.13 Å². The quantitative estimate of drug-likeness (QED) is 0.651. The fourth-order valence-electron chi connectivity index (χ4n) is 3.02. The smallest absolute Gasteiger partial charge is 0.236 e. The predicted molar refractivity (Wildman–Crippen MR) is 102 cm³/mol. The molecule has 2 aromatic heterocycles. The van der Waals surface area contributed by atoms with E-state index in [1.165, 1.54) is 35.9 Å². The van der Waals surface area contributed by atoms with Crippen molar-refractivity contribution in [2.45, 2.75) is 36.9 Å². The molecule has 3 aromatic rings. The van der Waals surface area contributed by atoms with Crippen LogP contribution in [0.1, 0.15) is 31.7 Å². The van der Waals surface area contributed by atoms with Crippen LogP contribution in [0.15, 0.2) is 40.9 Å². The molecule has 134 valence electrons. The molecule has 4 rings (SSSR count). The Kier molecular flexibility index (Phi) is 5.26. The van der Waals surface area contributed by atoms with Gasteiger partial charge in [-0.2, -0.15) is 0 Å². The van der Waals surface area contributed by atoms with E-state index in [1.807, 2.05) is 40.4 Å². The van der Waals surface area contributed by atoms with Crippen LogP contribution in [0.25, 0.3) is 11.3 Å². The predicted octanol–water partition coefficient (Wildman–Crippen LogP) is 3.64. The number of nitrogens with one attached hydrogen (secondary N) is 1. The fraction of sp³-hybridized carbons (Fsp3) is 0.353. The monoisotopic (exact) mass is 386 g/mol. The summed E-state index contributed by atoms with van der Waals surface area (Å²) in [5.74, 6) is 0.151. The number of carbonyl (C=O) groups excluding carboxylic acids is 1. The second-order valence-corrected chi connectivity index (χ2v) is 7.89. The van der Waals surface area contributed by atoms with Crippen LogP contribution < -0.4 is 5.32 Å². The first kappa shape index (κ1) is 17.2. The zero-order valence-corrected chi connectivity index (χ0v) is 15.7. The Balaban J connectivity index is 1.34. The summed E-state index contributed by atoms with van der Waals surface area (Å²) in [6.07, 6.45) is 4.63. The summed E-state index contributed by atoms with van der Waals surface area (Å²) in [5, 5.41) is 18.0. The second kappa shape index (κ2) is 7.96. The minimum Gasteiger partial charge on any atom is -0.301 e. The topological polar surface area (TPSA) is 85.6 Å². The van der Waals surface area contributed by atoms with Crippen molar-refractivity contribution in [1.29, 1.82) is 0 Å². The number of hydrogen-bond acceptors (Lipinski definition) is 7. The Morgan fingerprint density at radius 2 is 2.08 bits per heavy atom. The van der Waals surface area contributed by atoms with Crippen LogP contribution >= 0.6 is 23.1 Å². The summed E-state index contributed by atoms with van der Waals surface area (Å²) in [4.78, 5) is 16.7. The Morgan fingerprint density at radius 3 is 2.88 bits per heavy atom. The summed E-state index contributed by atoms with van der Waals surface area (Å²) >= 11 is 2.78. The first-order valence-corrected chi connectivity index (χ1v) is 10.4. The van der Waals surface area contributed by atoms with Crippen molar-refractivity contribution in [3.8, 4) is 11.3 Å². The van der Waals surface area contributed by atoms with Gasteiger partial charge in [0.1, 0.15) is 0 Å². The van der Waals surface area contributed by atoms with Gasteiger partial charge in [0.05, 0.1) is 17.5 Å². The van der Waals surface area contributed by atoms with Crippen molar-refractivity contribution in [3.05, 3.63) is 35.7 Å². The van der Waals surface area contributed by atoms with Crippen LogP contribution in [-0.2, 0) is 4.79 Å². The highest BCUT2D eigenvalue weighted by Crippen LogP contribution is 2.31. The summed E-state index contributed by atoms with van der Waals surface area (Å²) in [7, 11) is 0. The molecule has 0 spiro atoms. The van der Waals surface area contributed by atoms with Gasteiger partial charge in [0.2, 0.25) is 11.1 Å². The van der Waals surface area contributed by atoms with Gasteiger partial charge in [-0.1, -0.05) is 54.9 Å². The lowest BCUT2D eigenvalue weighted by atomic mass is 10.2. The van der Waals surface area contributed by atoms with Crippen LogP contribution in [0.4, 0.5) is 5.13 Å². The minimum atomic E-state index is -0.107. The molecule has 0 saturated heterocycles. The molecule has 26 heavy (non-hydrogen) atoms. The minimum absolute atomic E-state index is 0.107. The number of nitrogens with zero attached hydrogens (tertiary/aromatic N) is 5. The lowest BCUT2D eigenvalue weighted by Gasteiger charge is -2.10. The second-order valence-electron chi connectivity index (χ2n) is 6.09. The number of tetrazole rings is 1. The Labute approximate surface area is 159 Å². The zero-order chi connectivity index (χ0) is 17.8. The number of anilines is 1. The molecule has 7 nitrogen and oxygen atoms in total. The summed E-state index contributed by atoms with van der Waals surface area (Å²) < 4.78 is 1.86. The SMILES string of the molecule is O=C(CSc1nnnn1C1CCCC1)Nc1nc(-c2ccccc2)cs1. The average molecular weight is 387 g/mol. The van der Waals surface area contributed by atoms with Gasteiger partial charge in [0.25, 0.3) is 0 Å². The normalized spacial score (nSPS) is 14.6. The number of carbonyl (C=O) groups is 1. The number of thioether (sulfide) groups is 1. The third kappa shape index (κ3) is 3.94. The molecule has 1 saturated carbocycles. The molecule has 1 aromatic carbocycles. The van der Waals surface area contributed by atoms with E-state index in [4.69, 9.17) is 0 Å². The van der Waals surface area contributed by atoms with E-state index in [2.05, 4.69) is 25.8 Å². The summed E-state index contributed by atoms with van der Waals surface area (Å²) in [6.45, 7) is 0. The maximum atomic E-state index is 12.2. The third-order valence-corrected chi connectivity index (χ3v) is 5.98. The molecule has 0 aliphatic heterocycles. The van der Waals surface area contributed by atoms with Gasteiger partial charge < -0.3 is 5.32 Å². The standard InChI is InChI=1S/C17H18N6OS2/c24-15(11-26-17-20-21-22-23(17)13-8-4-5-9-13)19-16-18-14(10-25-16)12-6-2-1-3-7-12/h1-3,6-7,10,13H,4-5,8-9,11H2,(H,18,19,24). The molecule has 0 atom stereocenters. The van der Waals surface area contributed by atoms with Crippen LogP contribution in [-0.4, -0.2) is 36.9 Å². The Hall–Kier alpha value is -2.26. The van der Waals surface area contributed by atoms with E-state index in [0.717, 1.165) is 24.1 Å². The third-order valence-electron chi connectivity index (χ3n) is 4.29. The molecule has 9 heteroatoms. The molecule has 0 unspecified atom stereocenters. The maximum Gasteiger partial charge on any atom is 0.236 e. The van der Waals surface area contributed by atoms with Gasteiger partial charge in [-0.25, -0.2) is 9.67 Å². The van der Waals surface area contributed by atoms with Crippen molar-refractivity contribution < 1.29 is 4.79 Å². The highest BCUT2D eigenvalue weighted by atomic mass is 32.2. The van der Waals surface area contributed by atoms with E-state index in [0.29, 0.717) is 16.3 Å². The maximum absolute atomic E-state index is 12.2. The van der Waals surface area contributed by atoms with Gasteiger partial charge in [0, 0.05) is 10.9 Å². The van der Waals surface area contributed by atoms with E-state index >= 15 is 0 Å². The Morgan fingerprint density at radius 1 is 1.27 bits per heavy atom. The lowest BCUT2D eigenvalue weighted by Crippen LogP contribution is -2.15. The molecule has 1 fully saturated rings. The fourth-order valence-corrected chi connectivity index (χ4v) is 4.50. The van der Waals surface area contributed by atoms with Crippen molar-refractivity contribution in [2.75, 3.05) is 11.1 Å². The number of benzene rings is 1. The molecule has 2 heterocycles. The average Bonchev–Trinajstić information content (AvgIpc) is 3.41. The van der Waals surface area contributed by atoms with E-state index in [1.54, 1.807) is 0 Å². The van der Waals surface area contributed by atoms with Gasteiger partial charge in [-0.05, 0) is 23.3 Å². The van der Waals surface area contributed by atoms with Crippen LogP contribution in [0.5, 0.6) is 0 Å². The first-order chi connectivity index (χ1) is 12.8. The van der Waals surface area contributed by atoms with Gasteiger partial charge in [-0.15, -0.1) is 16.4 Å². The van der Waals surface area contributed by atoms with E-state index in [9.17, 15) is 4.79 Å². The summed E-state index contributed by atoms with van der Waals surface area (Å²) in [6, 6.07) is 10.3. The van der Waals surface area contributed by atoms with Crippen LogP contribution in [0, 0.1) is 0 Å². The highest BCUT2D eigenvalue weighted by Gasteiger charge is 2.22. The van der Waals surface area contributed by atoms with E-state index in [-0.39, 0.29) is 11.7 Å². The number of rotatable bonds is 6. The first-order valence-electron chi connectivity index (χ1n) is 8.51. The molecular formula is C17H18N6OS2. The van der Waals surface area contributed by atoms with Crippen molar-refractivity contribution in [3.63, 3.8) is 0 Å². The Bertz CT molecular complexity index is 872. The van der Waals surface area contributed by atoms with Crippen molar-refractivity contribution in [1.82, 2.24) is 25.2 Å². The van der Waals surface area contributed by atoms with Crippen LogP contribution in [0.3, 0.4) is 0 Å². The zero-order valence-electron chi connectivity index (χ0n) is 14.0. The molecular weight excluding hydrogens is 368 g/mol. The molecule has 1 aliphatic rings. The summed E-state index contributed by atoms with van der Waals surface area (Å²) in [5.41, 5.74) is 1.90.